The Hall–Kier alpha value is -1.55. The molecule has 0 amide bonds. The highest BCUT2D eigenvalue weighted by molar-refractivity contribution is 9.10. The van der Waals surface area contributed by atoms with Crippen LogP contribution in [0.25, 0.3) is 10.8 Å². The van der Waals surface area contributed by atoms with Gasteiger partial charge in [0, 0.05) is 15.2 Å². The first-order valence-electron chi connectivity index (χ1n) is 4.63. The molecule has 0 atom stereocenters. The zero-order valence-electron chi connectivity index (χ0n) is 8.53. The lowest BCUT2D eigenvalue weighted by Gasteiger charge is -2.07. The third-order valence-corrected chi connectivity index (χ3v) is 3.08. The highest BCUT2D eigenvalue weighted by Crippen LogP contribution is 2.32. The predicted octanol–water partition coefficient (Wildman–Crippen LogP) is 3.31. The fourth-order valence-corrected chi connectivity index (χ4v) is 2.06. The topological polar surface area (TPSA) is 46.5 Å². The Morgan fingerprint density at radius 3 is 2.62 bits per heavy atom. The van der Waals surface area contributed by atoms with Crippen molar-refractivity contribution in [3.8, 4) is 5.75 Å². The van der Waals surface area contributed by atoms with E-state index in [0.29, 0.717) is 0 Å². The van der Waals surface area contributed by atoms with Gasteiger partial charge in [-0.2, -0.15) is 0 Å². The molecule has 0 saturated heterocycles. The van der Waals surface area contributed by atoms with E-state index in [1.54, 1.807) is 25.3 Å². The molecule has 0 fully saturated rings. The lowest BCUT2D eigenvalue weighted by molar-refractivity contribution is 0.0697. The second-order valence-electron chi connectivity index (χ2n) is 3.32. The Morgan fingerprint density at radius 2 is 2.00 bits per heavy atom. The van der Waals surface area contributed by atoms with Crippen LogP contribution in [0.15, 0.2) is 34.8 Å². The molecule has 0 heterocycles. The van der Waals surface area contributed by atoms with Gasteiger partial charge in [0.2, 0.25) is 0 Å². The third-order valence-electron chi connectivity index (χ3n) is 2.39. The molecule has 2 aromatic rings. The molecule has 16 heavy (non-hydrogen) atoms. The van der Waals surface area contributed by atoms with Gasteiger partial charge in [-0.3, -0.25) is 0 Å². The molecular weight excluding hydrogens is 272 g/mol. The molecule has 0 radical (unpaired) electrons. The van der Waals surface area contributed by atoms with Crippen molar-refractivity contribution in [3.05, 3.63) is 40.4 Å². The van der Waals surface area contributed by atoms with Gasteiger partial charge in [0.05, 0.1) is 12.7 Å². The number of hydrogen-bond acceptors (Lipinski definition) is 2. The van der Waals surface area contributed by atoms with Gasteiger partial charge in [-0.1, -0.05) is 15.9 Å². The first-order chi connectivity index (χ1) is 7.63. The maximum Gasteiger partial charge on any atom is 0.335 e. The number of benzene rings is 2. The van der Waals surface area contributed by atoms with Crippen molar-refractivity contribution in [1.82, 2.24) is 0 Å². The standard InChI is InChI=1S/C12H9BrO3/c1-16-11-5-4-10(13)9-6-7(12(14)15)2-3-8(9)11/h2-6H,1H3,(H,14,15). The Morgan fingerprint density at radius 1 is 1.25 bits per heavy atom. The van der Waals surface area contributed by atoms with E-state index >= 15 is 0 Å². The number of halogens is 1. The van der Waals surface area contributed by atoms with Gasteiger partial charge in [0.15, 0.2) is 0 Å². The molecule has 0 aromatic heterocycles. The van der Waals surface area contributed by atoms with Crippen LogP contribution in [0.2, 0.25) is 0 Å². The smallest absolute Gasteiger partial charge is 0.335 e. The van der Waals surface area contributed by atoms with Gasteiger partial charge in [-0.15, -0.1) is 0 Å². The minimum Gasteiger partial charge on any atom is -0.496 e. The second-order valence-corrected chi connectivity index (χ2v) is 4.17. The van der Waals surface area contributed by atoms with Gasteiger partial charge in [0.1, 0.15) is 5.75 Å². The van der Waals surface area contributed by atoms with Crippen molar-refractivity contribution in [2.24, 2.45) is 0 Å². The van der Waals surface area contributed by atoms with Crippen LogP contribution >= 0.6 is 15.9 Å². The van der Waals surface area contributed by atoms with E-state index in [1.807, 2.05) is 12.1 Å². The summed E-state index contributed by atoms with van der Waals surface area (Å²) in [5.74, 6) is -0.202. The summed E-state index contributed by atoms with van der Waals surface area (Å²) in [4.78, 5) is 10.9. The van der Waals surface area contributed by atoms with E-state index in [0.717, 1.165) is 21.0 Å². The van der Waals surface area contributed by atoms with E-state index in [4.69, 9.17) is 9.84 Å². The van der Waals surface area contributed by atoms with Gasteiger partial charge in [-0.25, -0.2) is 4.79 Å². The number of rotatable bonds is 2. The van der Waals surface area contributed by atoms with Crippen molar-refractivity contribution >= 4 is 32.7 Å². The van der Waals surface area contributed by atoms with Crippen LogP contribution in [-0.2, 0) is 0 Å². The Kier molecular flexibility index (Phi) is 2.83. The molecule has 0 aliphatic rings. The molecule has 0 aliphatic carbocycles. The molecule has 0 spiro atoms. The summed E-state index contributed by atoms with van der Waals surface area (Å²) in [6.07, 6.45) is 0. The number of carbonyl (C=O) groups is 1. The van der Waals surface area contributed by atoms with Gasteiger partial charge >= 0.3 is 5.97 Å². The van der Waals surface area contributed by atoms with Crippen LogP contribution in [0.1, 0.15) is 10.4 Å². The van der Waals surface area contributed by atoms with Gasteiger partial charge < -0.3 is 9.84 Å². The van der Waals surface area contributed by atoms with Crippen LogP contribution in [0, 0.1) is 0 Å². The number of carboxylic acids is 1. The molecule has 0 unspecified atom stereocenters. The van der Waals surface area contributed by atoms with Crippen LogP contribution in [-0.4, -0.2) is 18.2 Å². The molecular formula is C12H9BrO3. The minimum absolute atomic E-state index is 0.265. The van der Waals surface area contributed by atoms with Crippen molar-refractivity contribution < 1.29 is 14.6 Å². The molecule has 2 aromatic carbocycles. The monoisotopic (exact) mass is 280 g/mol. The molecule has 4 heteroatoms. The molecule has 1 N–H and O–H groups in total. The highest BCUT2D eigenvalue weighted by atomic mass is 79.9. The summed E-state index contributed by atoms with van der Waals surface area (Å²) >= 11 is 3.39. The molecule has 2 rings (SSSR count). The largest absolute Gasteiger partial charge is 0.496 e. The maximum atomic E-state index is 10.9. The summed E-state index contributed by atoms with van der Waals surface area (Å²) in [7, 11) is 1.59. The summed E-state index contributed by atoms with van der Waals surface area (Å²) in [6, 6.07) is 8.63. The third kappa shape index (κ3) is 1.76. The zero-order chi connectivity index (χ0) is 11.7. The van der Waals surface area contributed by atoms with Crippen LogP contribution in [0.5, 0.6) is 5.75 Å². The van der Waals surface area contributed by atoms with E-state index in [2.05, 4.69) is 15.9 Å². The minimum atomic E-state index is -0.934. The molecule has 0 aliphatic heterocycles. The molecule has 3 nitrogen and oxygen atoms in total. The zero-order valence-corrected chi connectivity index (χ0v) is 10.1. The number of aromatic carboxylic acids is 1. The van der Waals surface area contributed by atoms with Crippen molar-refractivity contribution in [3.63, 3.8) is 0 Å². The SMILES string of the molecule is COc1ccc(Br)c2cc(C(=O)O)ccc12. The Labute approximate surface area is 101 Å². The highest BCUT2D eigenvalue weighted by Gasteiger charge is 2.08. The van der Waals surface area contributed by atoms with Crippen molar-refractivity contribution in [2.75, 3.05) is 7.11 Å². The van der Waals surface area contributed by atoms with E-state index in [9.17, 15) is 4.79 Å². The quantitative estimate of drug-likeness (QED) is 0.918. The van der Waals surface area contributed by atoms with Gasteiger partial charge in [0.25, 0.3) is 0 Å². The summed E-state index contributed by atoms with van der Waals surface area (Å²) in [6.45, 7) is 0. The van der Waals surface area contributed by atoms with E-state index in [1.165, 1.54) is 0 Å². The number of fused-ring (bicyclic) bond motifs is 1. The predicted molar refractivity (Wildman–Crippen MR) is 65.2 cm³/mol. The number of carboxylic acid groups (broad SMARTS) is 1. The maximum absolute atomic E-state index is 10.9. The molecule has 82 valence electrons. The first-order valence-corrected chi connectivity index (χ1v) is 5.42. The second kappa shape index (κ2) is 4.14. The van der Waals surface area contributed by atoms with Crippen LogP contribution < -0.4 is 4.74 Å². The van der Waals surface area contributed by atoms with E-state index in [-0.39, 0.29) is 5.56 Å². The fourth-order valence-electron chi connectivity index (χ4n) is 1.60. The Bertz CT molecular complexity index is 563. The number of ether oxygens (including phenoxy) is 1. The van der Waals surface area contributed by atoms with Crippen LogP contribution in [0.4, 0.5) is 0 Å². The van der Waals surface area contributed by atoms with E-state index < -0.39 is 5.97 Å². The van der Waals surface area contributed by atoms with Crippen molar-refractivity contribution in [2.45, 2.75) is 0 Å². The summed E-state index contributed by atoms with van der Waals surface area (Å²) < 4.78 is 6.07. The van der Waals surface area contributed by atoms with Gasteiger partial charge in [-0.05, 0) is 30.3 Å². The van der Waals surface area contributed by atoms with Crippen LogP contribution in [0.3, 0.4) is 0 Å². The normalized spacial score (nSPS) is 10.4. The molecule has 0 saturated carbocycles. The average Bonchev–Trinajstić information content (AvgIpc) is 2.29. The lowest BCUT2D eigenvalue weighted by atomic mass is 10.1. The summed E-state index contributed by atoms with van der Waals surface area (Å²) in [5, 5.41) is 10.6. The molecule has 0 bridgehead atoms. The van der Waals surface area contributed by atoms with Crippen molar-refractivity contribution in [1.29, 1.82) is 0 Å². The Balaban J connectivity index is 2.77. The lowest BCUT2D eigenvalue weighted by Crippen LogP contribution is -1.96. The number of methoxy groups -OCH3 is 1. The first kappa shape index (κ1) is 11.0. The average molecular weight is 281 g/mol. The summed E-state index contributed by atoms with van der Waals surface area (Å²) in [5.41, 5.74) is 0.265. The fraction of sp³-hybridized carbons (Fsp3) is 0.0833. The number of hydrogen-bond donors (Lipinski definition) is 1.